The minimum Gasteiger partial charge on any atom is -0.338 e. The molecule has 1 saturated heterocycles. The van der Waals surface area contributed by atoms with Crippen molar-refractivity contribution in [2.24, 2.45) is 0 Å². The van der Waals surface area contributed by atoms with Gasteiger partial charge in [-0.1, -0.05) is 23.2 Å². The molecule has 3 aromatic rings. The van der Waals surface area contributed by atoms with E-state index in [4.69, 9.17) is 34.8 Å². The number of hydrogen-bond acceptors (Lipinski definition) is 5. The number of alkyl halides is 1. The van der Waals surface area contributed by atoms with Crippen LogP contribution < -0.4 is 4.90 Å². The lowest BCUT2D eigenvalue weighted by atomic mass is 10.1. The third-order valence-corrected chi connectivity index (χ3v) is 5.40. The second-order valence-electron chi connectivity index (χ2n) is 6.51. The molecule has 0 bridgehead atoms. The normalized spacial score (nSPS) is 15.9. The zero-order chi connectivity index (χ0) is 19.8. The molecule has 1 fully saturated rings. The van der Waals surface area contributed by atoms with Gasteiger partial charge in [0, 0.05) is 43.0 Å². The highest BCUT2D eigenvalue weighted by Crippen LogP contribution is 2.30. The number of hydrogen-bond donors (Lipinski definition) is 0. The van der Waals surface area contributed by atoms with E-state index in [-0.39, 0.29) is 5.91 Å². The molecular weight excluding hydrogens is 423 g/mol. The van der Waals surface area contributed by atoms with Crippen LogP contribution >= 0.6 is 34.8 Å². The van der Waals surface area contributed by atoms with Gasteiger partial charge in [0.05, 0.1) is 10.7 Å². The van der Waals surface area contributed by atoms with Gasteiger partial charge in [-0.2, -0.15) is 9.50 Å². The van der Waals surface area contributed by atoms with Crippen LogP contribution in [0.3, 0.4) is 0 Å². The van der Waals surface area contributed by atoms with Crippen LogP contribution in [0.4, 0.5) is 5.95 Å². The van der Waals surface area contributed by atoms with Gasteiger partial charge in [0.25, 0.3) is 5.78 Å². The van der Waals surface area contributed by atoms with Crippen molar-refractivity contribution in [1.29, 1.82) is 0 Å². The molecule has 1 atom stereocenters. The van der Waals surface area contributed by atoms with Gasteiger partial charge in [-0.25, -0.2) is 4.98 Å². The number of nitrogens with zero attached hydrogens (tertiary/aromatic N) is 6. The van der Waals surface area contributed by atoms with Crippen molar-refractivity contribution in [2.45, 2.75) is 12.3 Å². The van der Waals surface area contributed by atoms with E-state index in [1.165, 1.54) is 0 Å². The predicted molar refractivity (Wildman–Crippen MR) is 110 cm³/mol. The molecule has 0 radical (unpaired) electrons. The number of anilines is 1. The van der Waals surface area contributed by atoms with Gasteiger partial charge in [-0.05, 0) is 31.2 Å². The van der Waals surface area contributed by atoms with Gasteiger partial charge in [0.2, 0.25) is 11.9 Å². The number of amides is 1. The number of carbonyl (C=O) groups is 1. The molecule has 146 valence electrons. The fourth-order valence-corrected chi connectivity index (χ4v) is 3.72. The summed E-state index contributed by atoms with van der Waals surface area (Å²) in [5.74, 6) is 0.976. The summed E-state index contributed by atoms with van der Waals surface area (Å²) in [6.07, 6.45) is 1.67. The number of aromatic nitrogens is 4. The molecule has 28 heavy (non-hydrogen) atoms. The van der Waals surface area contributed by atoms with Gasteiger partial charge < -0.3 is 9.80 Å². The molecule has 1 aliphatic rings. The first kappa shape index (κ1) is 19.2. The lowest BCUT2D eigenvalue weighted by Gasteiger charge is -2.34. The fourth-order valence-electron chi connectivity index (χ4n) is 3.19. The monoisotopic (exact) mass is 438 g/mol. The highest BCUT2D eigenvalue weighted by Gasteiger charge is 2.26. The van der Waals surface area contributed by atoms with E-state index in [0.717, 1.165) is 11.3 Å². The Labute approximate surface area is 176 Å². The second-order valence-corrected chi connectivity index (χ2v) is 8.00. The first-order chi connectivity index (χ1) is 13.4. The van der Waals surface area contributed by atoms with E-state index in [9.17, 15) is 4.79 Å². The summed E-state index contributed by atoms with van der Waals surface area (Å²) in [6, 6.07) is 7.09. The van der Waals surface area contributed by atoms with E-state index in [2.05, 4.69) is 15.1 Å². The lowest BCUT2D eigenvalue weighted by Crippen LogP contribution is -2.50. The average Bonchev–Trinajstić information content (AvgIpc) is 3.13. The fraction of sp³-hybridized carbons (Fsp3) is 0.333. The topological polar surface area (TPSA) is 66.6 Å². The summed E-state index contributed by atoms with van der Waals surface area (Å²) in [5.41, 5.74) is 1.51. The van der Waals surface area contributed by atoms with Gasteiger partial charge in [-0.15, -0.1) is 16.7 Å². The van der Waals surface area contributed by atoms with E-state index in [0.29, 0.717) is 48.0 Å². The van der Waals surface area contributed by atoms with Crippen LogP contribution in [0.1, 0.15) is 6.92 Å². The molecule has 1 aromatic carbocycles. The summed E-state index contributed by atoms with van der Waals surface area (Å²) >= 11 is 18.4. The Morgan fingerprint density at radius 3 is 2.61 bits per heavy atom. The molecule has 3 heterocycles. The largest absolute Gasteiger partial charge is 0.338 e. The number of rotatable bonds is 3. The Bertz CT molecular complexity index is 1030. The van der Waals surface area contributed by atoms with Crippen molar-refractivity contribution >= 4 is 52.4 Å². The minimum atomic E-state index is -0.519. The van der Waals surface area contributed by atoms with Crippen molar-refractivity contribution in [1.82, 2.24) is 24.5 Å². The lowest BCUT2D eigenvalue weighted by molar-refractivity contribution is -0.130. The Hall–Kier alpha value is -2.09. The van der Waals surface area contributed by atoms with Crippen LogP contribution in [-0.2, 0) is 4.79 Å². The van der Waals surface area contributed by atoms with Crippen LogP contribution in [0.2, 0.25) is 10.0 Å². The molecule has 0 saturated carbocycles. The molecule has 1 aliphatic heterocycles. The summed E-state index contributed by atoms with van der Waals surface area (Å²) in [4.78, 5) is 24.7. The maximum Gasteiger partial charge on any atom is 0.254 e. The summed E-state index contributed by atoms with van der Waals surface area (Å²) in [7, 11) is 0. The standard InChI is InChI=1S/C18H17Cl3N6O/c1-11(19)16(28)25-6-8-26(9-7-25)18-23-17-22-5-4-15(27(17)24-18)13-10-12(20)2-3-14(13)21/h2-5,10-11H,6-9H2,1H3/t11-/m1/s1. The number of fused-ring (bicyclic) bond motifs is 1. The van der Waals surface area contributed by atoms with E-state index in [1.54, 1.807) is 40.7 Å². The quantitative estimate of drug-likeness (QED) is 0.585. The molecule has 7 nitrogen and oxygen atoms in total. The maximum atomic E-state index is 12.0. The highest BCUT2D eigenvalue weighted by atomic mass is 35.5. The maximum absolute atomic E-state index is 12.0. The van der Waals surface area contributed by atoms with Crippen molar-refractivity contribution in [3.8, 4) is 11.3 Å². The van der Waals surface area contributed by atoms with E-state index >= 15 is 0 Å². The smallest absolute Gasteiger partial charge is 0.254 e. The van der Waals surface area contributed by atoms with E-state index < -0.39 is 5.38 Å². The molecule has 2 aromatic heterocycles. The number of piperazine rings is 1. The first-order valence-corrected chi connectivity index (χ1v) is 9.98. The first-order valence-electron chi connectivity index (χ1n) is 8.79. The van der Waals surface area contributed by atoms with Gasteiger partial charge >= 0.3 is 0 Å². The van der Waals surface area contributed by atoms with Crippen LogP contribution in [-0.4, -0.2) is 61.9 Å². The molecule has 0 aliphatic carbocycles. The van der Waals surface area contributed by atoms with Crippen molar-refractivity contribution in [2.75, 3.05) is 31.1 Å². The van der Waals surface area contributed by atoms with Gasteiger partial charge in [0.1, 0.15) is 5.38 Å². The van der Waals surface area contributed by atoms with E-state index in [1.807, 2.05) is 11.0 Å². The summed E-state index contributed by atoms with van der Waals surface area (Å²) in [6.45, 7) is 4.09. The third kappa shape index (κ3) is 3.62. The molecule has 1 amide bonds. The third-order valence-electron chi connectivity index (χ3n) is 4.65. The Kier molecular flexibility index (Phi) is 5.31. The molecule has 0 N–H and O–H groups in total. The minimum absolute atomic E-state index is 0.0520. The van der Waals surface area contributed by atoms with Crippen molar-refractivity contribution in [3.63, 3.8) is 0 Å². The predicted octanol–water partition coefficient (Wildman–Crippen LogP) is 3.37. The number of benzene rings is 1. The highest BCUT2D eigenvalue weighted by molar-refractivity contribution is 6.35. The molecule has 10 heteroatoms. The van der Waals surface area contributed by atoms with Crippen LogP contribution in [0.25, 0.3) is 17.0 Å². The Morgan fingerprint density at radius 2 is 1.89 bits per heavy atom. The number of halogens is 3. The number of carbonyl (C=O) groups excluding carboxylic acids is 1. The average molecular weight is 440 g/mol. The molecule has 4 rings (SSSR count). The second kappa shape index (κ2) is 7.73. The Balaban J connectivity index is 1.63. The summed E-state index contributed by atoms with van der Waals surface area (Å²) in [5, 5.41) is 5.26. The van der Waals surface area contributed by atoms with Gasteiger partial charge in [-0.3, -0.25) is 4.79 Å². The van der Waals surface area contributed by atoms with Crippen LogP contribution in [0, 0.1) is 0 Å². The zero-order valence-electron chi connectivity index (χ0n) is 15.0. The van der Waals surface area contributed by atoms with Gasteiger partial charge in [0.15, 0.2) is 0 Å². The molecular formula is C18H17Cl3N6O. The van der Waals surface area contributed by atoms with Crippen molar-refractivity contribution < 1.29 is 4.79 Å². The van der Waals surface area contributed by atoms with Crippen molar-refractivity contribution in [3.05, 3.63) is 40.5 Å². The molecule has 0 spiro atoms. The Morgan fingerprint density at radius 1 is 1.14 bits per heavy atom. The zero-order valence-corrected chi connectivity index (χ0v) is 17.3. The SMILES string of the molecule is C[C@@H](Cl)C(=O)N1CCN(c2nc3nccc(-c4cc(Cl)ccc4Cl)n3n2)CC1. The summed E-state index contributed by atoms with van der Waals surface area (Å²) < 4.78 is 1.66. The molecule has 0 unspecified atom stereocenters. The van der Waals surface area contributed by atoms with Crippen LogP contribution in [0.5, 0.6) is 0 Å². The van der Waals surface area contributed by atoms with Crippen LogP contribution in [0.15, 0.2) is 30.5 Å².